The van der Waals surface area contributed by atoms with Gasteiger partial charge in [-0.3, -0.25) is 9.69 Å². The van der Waals surface area contributed by atoms with Crippen molar-refractivity contribution in [2.45, 2.75) is 44.3 Å². The summed E-state index contributed by atoms with van der Waals surface area (Å²) in [5.74, 6) is -1.23. The fourth-order valence-electron chi connectivity index (χ4n) is 2.14. The van der Waals surface area contributed by atoms with E-state index in [9.17, 15) is 18.0 Å². The van der Waals surface area contributed by atoms with Crippen molar-refractivity contribution in [3.05, 3.63) is 12.2 Å². The molecule has 0 amide bonds. The summed E-state index contributed by atoms with van der Waals surface area (Å²) in [4.78, 5) is 11.6. The van der Waals surface area contributed by atoms with Gasteiger partial charge in [-0.25, -0.2) is 0 Å². The first kappa shape index (κ1) is 15.0. The maximum absolute atomic E-state index is 12.4. The standard InChI is InChI=1S/C12H18F3NO2/c13-12(14,15)9-16(8-11(17)18)10-6-4-2-1-3-5-7-10/h4,6,10H,1-3,5,7-9H2,(H,17,18)/b6-4+. The summed E-state index contributed by atoms with van der Waals surface area (Å²) < 4.78 is 37.3. The number of nitrogens with zero attached hydrogens (tertiary/aromatic N) is 1. The average Bonchev–Trinajstić information content (AvgIpc) is 2.12. The number of alkyl halides is 3. The Bertz CT molecular complexity index is 302. The minimum absolute atomic E-state index is 0.428. The summed E-state index contributed by atoms with van der Waals surface area (Å²) in [6.45, 7) is -1.75. The van der Waals surface area contributed by atoms with Crippen LogP contribution in [0.5, 0.6) is 0 Å². The molecule has 1 rings (SSSR count). The molecule has 0 aromatic heterocycles. The summed E-state index contributed by atoms with van der Waals surface area (Å²) in [6, 6.07) is -0.428. The molecule has 1 unspecified atom stereocenters. The van der Waals surface area contributed by atoms with Crippen molar-refractivity contribution in [1.82, 2.24) is 4.90 Å². The summed E-state index contributed by atoms with van der Waals surface area (Å²) in [7, 11) is 0. The van der Waals surface area contributed by atoms with Crippen molar-refractivity contribution in [2.75, 3.05) is 13.1 Å². The Morgan fingerprint density at radius 3 is 2.67 bits per heavy atom. The van der Waals surface area contributed by atoms with E-state index in [1.165, 1.54) is 0 Å². The van der Waals surface area contributed by atoms with E-state index in [1.807, 2.05) is 6.08 Å². The third-order valence-corrected chi connectivity index (χ3v) is 2.92. The molecule has 0 fully saturated rings. The summed E-state index contributed by atoms with van der Waals surface area (Å²) in [6.07, 6.45) is 3.50. The van der Waals surface area contributed by atoms with Gasteiger partial charge in [-0.15, -0.1) is 0 Å². The van der Waals surface area contributed by atoms with Crippen LogP contribution in [-0.2, 0) is 4.79 Å². The summed E-state index contributed by atoms with van der Waals surface area (Å²) in [5.41, 5.74) is 0. The predicted molar refractivity (Wildman–Crippen MR) is 61.3 cm³/mol. The molecule has 0 saturated heterocycles. The van der Waals surface area contributed by atoms with Crippen LogP contribution in [0.25, 0.3) is 0 Å². The van der Waals surface area contributed by atoms with Crippen LogP contribution < -0.4 is 0 Å². The third-order valence-electron chi connectivity index (χ3n) is 2.92. The Hall–Kier alpha value is -1.04. The van der Waals surface area contributed by atoms with E-state index < -0.39 is 31.3 Å². The molecular formula is C12H18F3NO2. The van der Waals surface area contributed by atoms with Gasteiger partial charge in [0.05, 0.1) is 13.1 Å². The van der Waals surface area contributed by atoms with E-state index in [1.54, 1.807) is 6.08 Å². The number of carboxylic acid groups (broad SMARTS) is 1. The molecule has 0 bridgehead atoms. The van der Waals surface area contributed by atoms with Gasteiger partial charge < -0.3 is 5.11 Å². The lowest BCUT2D eigenvalue weighted by atomic mass is 10.0. The molecule has 104 valence electrons. The second kappa shape index (κ2) is 6.78. The predicted octanol–water partition coefficient (Wildman–Crippen LogP) is 2.82. The van der Waals surface area contributed by atoms with Gasteiger partial charge in [0.1, 0.15) is 0 Å². The molecule has 0 aromatic rings. The van der Waals surface area contributed by atoms with Gasteiger partial charge in [-0.05, 0) is 19.3 Å². The Morgan fingerprint density at radius 1 is 1.33 bits per heavy atom. The topological polar surface area (TPSA) is 40.5 Å². The molecule has 0 saturated carbocycles. The maximum Gasteiger partial charge on any atom is 0.401 e. The van der Waals surface area contributed by atoms with E-state index in [2.05, 4.69) is 0 Å². The van der Waals surface area contributed by atoms with E-state index >= 15 is 0 Å². The average molecular weight is 265 g/mol. The van der Waals surface area contributed by atoms with Crippen molar-refractivity contribution >= 4 is 5.97 Å². The second-order valence-electron chi connectivity index (χ2n) is 4.55. The van der Waals surface area contributed by atoms with Gasteiger partial charge >= 0.3 is 12.1 Å². The molecule has 0 spiro atoms. The minimum Gasteiger partial charge on any atom is -0.480 e. The van der Waals surface area contributed by atoms with Crippen LogP contribution in [0.15, 0.2) is 12.2 Å². The van der Waals surface area contributed by atoms with Crippen molar-refractivity contribution in [1.29, 1.82) is 0 Å². The van der Waals surface area contributed by atoms with Gasteiger partial charge in [0, 0.05) is 6.04 Å². The first-order valence-corrected chi connectivity index (χ1v) is 6.08. The quantitative estimate of drug-likeness (QED) is 0.795. The largest absolute Gasteiger partial charge is 0.480 e. The molecule has 0 radical (unpaired) electrons. The number of aliphatic carboxylic acids is 1. The van der Waals surface area contributed by atoms with E-state index in [0.29, 0.717) is 6.42 Å². The number of halogens is 3. The maximum atomic E-state index is 12.4. The van der Waals surface area contributed by atoms with Gasteiger partial charge in [-0.2, -0.15) is 13.2 Å². The molecular weight excluding hydrogens is 247 g/mol. The Morgan fingerprint density at radius 2 is 2.06 bits per heavy atom. The zero-order valence-electron chi connectivity index (χ0n) is 10.1. The highest BCUT2D eigenvalue weighted by Gasteiger charge is 2.34. The zero-order chi connectivity index (χ0) is 13.6. The number of allylic oxidation sites excluding steroid dienone is 1. The van der Waals surface area contributed by atoms with Crippen molar-refractivity contribution < 1.29 is 23.1 Å². The van der Waals surface area contributed by atoms with Gasteiger partial charge in [-0.1, -0.05) is 25.0 Å². The Kier molecular flexibility index (Phi) is 5.65. The molecule has 3 nitrogen and oxygen atoms in total. The van der Waals surface area contributed by atoms with Gasteiger partial charge in [0.2, 0.25) is 0 Å². The van der Waals surface area contributed by atoms with Crippen molar-refractivity contribution in [3.63, 3.8) is 0 Å². The molecule has 0 heterocycles. The lowest BCUT2D eigenvalue weighted by Gasteiger charge is -2.29. The van der Waals surface area contributed by atoms with Gasteiger partial charge in [0.15, 0.2) is 0 Å². The normalized spacial score (nSPS) is 23.4. The van der Waals surface area contributed by atoms with Crippen molar-refractivity contribution in [2.24, 2.45) is 0 Å². The van der Waals surface area contributed by atoms with Gasteiger partial charge in [0.25, 0.3) is 0 Å². The van der Waals surface area contributed by atoms with Crippen LogP contribution in [0.4, 0.5) is 13.2 Å². The van der Waals surface area contributed by atoms with Crippen molar-refractivity contribution in [3.8, 4) is 0 Å². The van der Waals surface area contributed by atoms with Crippen LogP contribution in [-0.4, -0.2) is 41.3 Å². The first-order chi connectivity index (χ1) is 8.38. The van der Waals surface area contributed by atoms with E-state index in [-0.39, 0.29) is 0 Å². The first-order valence-electron chi connectivity index (χ1n) is 6.08. The van der Waals surface area contributed by atoms with Crippen LogP contribution in [0.1, 0.15) is 32.1 Å². The fraction of sp³-hybridized carbons (Fsp3) is 0.750. The lowest BCUT2D eigenvalue weighted by Crippen LogP contribution is -2.44. The number of hydrogen-bond acceptors (Lipinski definition) is 2. The molecule has 1 aliphatic rings. The minimum atomic E-state index is -4.37. The Balaban J connectivity index is 2.72. The molecule has 1 N–H and O–H groups in total. The number of hydrogen-bond donors (Lipinski definition) is 1. The SMILES string of the molecule is O=C(O)CN(CC(F)(F)F)C1/C=C/CCCCC1. The molecule has 0 aliphatic heterocycles. The van der Waals surface area contributed by atoms with Crippen LogP contribution in [0.2, 0.25) is 0 Å². The highest BCUT2D eigenvalue weighted by Crippen LogP contribution is 2.22. The molecule has 1 atom stereocenters. The lowest BCUT2D eigenvalue weighted by molar-refractivity contribution is -0.156. The van der Waals surface area contributed by atoms with Crippen LogP contribution in [0.3, 0.4) is 0 Å². The van der Waals surface area contributed by atoms with E-state index in [4.69, 9.17) is 5.11 Å². The number of carbonyl (C=O) groups is 1. The highest BCUT2D eigenvalue weighted by molar-refractivity contribution is 5.69. The van der Waals surface area contributed by atoms with Crippen LogP contribution in [0, 0.1) is 0 Å². The Labute approximate surface area is 104 Å². The monoisotopic (exact) mass is 265 g/mol. The third kappa shape index (κ3) is 6.05. The molecule has 18 heavy (non-hydrogen) atoms. The van der Waals surface area contributed by atoms with E-state index in [0.717, 1.165) is 30.6 Å². The zero-order valence-corrected chi connectivity index (χ0v) is 10.1. The summed E-state index contributed by atoms with van der Waals surface area (Å²) in [5, 5.41) is 8.70. The smallest absolute Gasteiger partial charge is 0.401 e. The molecule has 0 aromatic carbocycles. The highest BCUT2D eigenvalue weighted by atomic mass is 19.4. The fourth-order valence-corrected chi connectivity index (χ4v) is 2.14. The second-order valence-corrected chi connectivity index (χ2v) is 4.55. The molecule has 1 aliphatic carbocycles. The summed E-state index contributed by atoms with van der Waals surface area (Å²) >= 11 is 0. The number of carboxylic acids is 1. The van der Waals surface area contributed by atoms with Crippen LogP contribution >= 0.6 is 0 Å². The molecule has 6 heteroatoms. The number of rotatable bonds is 4.